The van der Waals surface area contributed by atoms with E-state index in [0.717, 1.165) is 17.1 Å². The lowest BCUT2D eigenvalue weighted by molar-refractivity contribution is 0.0795. The molecule has 2 heterocycles. The van der Waals surface area contributed by atoms with E-state index >= 15 is 0 Å². The summed E-state index contributed by atoms with van der Waals surface area (Å²) in [5.74, 6) is -0.300. The largest absolute Gasteiger partial charge is 0.341 e. The van der Waals surface area contributed by atoms with Gasteiger partial charge in [0, 0.05) is 31.9 Å². The maximum atomic E-state index is 13.2. The highest BCUT2D eigenvalue weighted by atomic mass is 19.1. The highest BCUT2D eigenvalue weighted by Gasteiger charge is 2.23. The van der Waals surface area contributed by atoms with Crippen LogP contribution in [0.25, 0.3) is 5.69 Å². The number of pyridine rings is 1. The Labute approximate surface area is 158 Å². The lowest BCUT2D eigenvalue weighted by atomic mass is 10.0. The quantitative estimate of drug-likeness (QED) is 0.666. The summed E-state index contributed by atoms with van der Waals surface area (Å²) in [6, 6.07) is 11.9. The summed E-state index contributed by atoms with van der Waals surface area (Å²) in [4.78, 5) is 19.0. The van der Waals surface area contributed by atoms with Crippen LogP contribution in [0.3, 0.4) is 0 Å². The fourth-order valence-electron chi connectivity index (χ4n) is 3.00. The number of likely N-dealkylation sites (N-methyl/N-ethyl adjacent to an activating group) is 1. The molecule has 0 aliphatic heterocycles. The van der Waals surface area contributed by atoms with Crippen LogP contribution < -0.4 is 0 Å². The molecule has 0 unspecified atom stereocenters. The molecule has 27 heavy (non-hydrogen) atoms. The van der Waals surface area contributed by atoms with Gasteiger partial charge in [0.15, 0.2) is 0 Å². The Kier molecular flexibility index (Phi) is 5.64. The van der Waals surface area contributed by atoms with Crippen molar-refractivity contribution in [3.63, 3.8) is 0 Å². The van der Waals surface area contributed by atoms with E-state index in [-0.39, 0.29) is 17.6 Å². The fourth-order valence-corrected chi connectivity index (χ4v) is 3.00. The van der Waals surface area contributed by atoms with Gasteiger partial charge in [-0.3, -0.25) is 9.78 Å². The zero-order valence-corrected chi connectivity index (χ0v) is 15.8. The van der Waals surface area contributed by atoms with E-state index in [1.807, 2.05) is 32.0 Å². The van der Waals surface area contributed by atoms with Crippen molar-refractivity contribution in [2.24, 2.45) is 0 Å². The van der Waals surface area contributed by atoms with Gasteiger partial charge in [0.2, 0.25) is 0 Å². The predicted molar refractivity (Wildman–Crippen MR) is 103 cm³/mol. The number of nitrogens with zero attached hydrogens (tertiary/aromatic N) is 4. The van der Waals surface area contributed by atoms with Crippen LogP contribution in [0.15, 0.2) is 54.9 Å². The fraction of sp³-hybridized carbons (Fsp3) is 0.286. The first-order valence-corrected chi connectivity index (χ1v) is 8.96. The van der Waals surface area contributed by atoms with Gasteiger partial charge in [-0.05, 0) is 42.3 Å². The Hall–Kier alpha value is -3.02. The number of hydrogen-bond acceptors (Lipinski definition) is 3. The zero-order chi connectivity index (χ0) is 19.4. The smallest absolute Gasteiger partial charge is 0.257 e. The number of amides is 1. The lowest BCUT2D eigenvalue weighted by Crippen LogP contribution is -2.29. The summed E-state index contributed by atoms with van der Waals surface area (Å²) in [5, 5.41) is 4.39. The van der Waals surface area contributed by atoms with E-state index in [2.05, 4.69) is 10.1 Å². The highest BCUT2D eigenvalue weighted by molar-refractivity contribution is 5.95. The van der Waals surface area contributed by atoms with E-state index in [0.29, 0.717) is 18.5 Å². The van der Waals surface area contributed by atoms with Crippen molar-refractivity contribution in [3.8, 4) is 5.69 Å². The van der Waals surface area contributed by atoms with Crippen molar-refractivity contribution in [3.05, 3.63) is 77.6 Å². The molecule has 0 aliphatic rings. The van der Waals surface area contributed by atoms with Crippen molar-refractivity contribution in [1.82, 2.24) is 19.7 Å². The molecule has 1 amide bonds. The number of carbonyl (C=O) groups excluding carboxylic acids is 1. The summed E-state index contributed by atoms with van der Waals surface area (Å²) in [5.41, 5.74) is 3.06. The SMILES string of the molecule is CC(C)c1c(C(=O)N(C)CCc2ccccn2)cnn1-c1ccc(F)cc1. The average molecular weight is 366 g/mol. The second kappa shape index (κ2) is 8.12. The monoisotopic (exact) mass is 366 g/mol. The molecule has 3 aromatic rings. The Morgan fingerprint density at radius 2 is 1.93 bits per heavy atom. The predicted octanol–water partition coefficient (Wildman–Crippen LogP) is 3.84. The number of hydrogen-bond donors (Lipinski definition) is 0. The number of halogens is 1. The maximum absolute atomic E-state index is 13.2. The van der Waals surface area contributed by atoms with Crippen molar-refractivity contribution in [1.29, 1.82) is 0 Å². The molecule has 5 nitrogen and oxygen atoms in total. The van der Waals surface area contributed by atoms with Crippen LogP contribution in [-0.2, 0) is 6.42 Å². The maximum Gasteiger partial charge on any atom is 0.257 e. The third-order valence-corrected chi connectivity index (χ3v) is 4.43. The first-order chi connectivity index (χ1) is 13.0. The van der Waals surface area contributed by atoms with E-state index in [1.165, 1.54) is 12.1 Å². The van der Waals surface area contributed by atoms with Gasteiger partial charge < -0.3 is 4.90 Å². The minimum atomic E-state index is -0.303. The molecule has 140 valence electrons. The minimum absolute atomic E-state index is 0.0806. The Balaban J connectivity index is 1.82. The number of carbonyl (C=O) groups is 1. The van der Waals surface area contributed by atoms with Gasteiger partial charge in [0.25, 0.3) is 5.91 Å². The molecule has 0 saturated heterocycles. The van der Waals surface area contributed by atoms with Gasteiger partial charge in [0.1, 0.15) is 5.82 Å². The van der Waals surface area contributed by atoms with Crippen LogP contribution in [0.2, 0.25) is 0 Å². The van der Waals surface area contributed by atoms with Gasteiger partial charge >= 0.3 is 0 Å². The van der Waals surface area contributed by atoms with E-state index in [9.17, 15) is 9.18 Å². The number of benzene rings is 1. The summed E-state index contributed by atoms with van der Waals surface area (Å²) in [7, 11) is 1.78. The summed E-state index contributed by atoms with van der Waals surface area (Å²) >= 11 is 0. The first kappa shape index (κ1) is 18.8. The zero-order valence-electron chi connectivity index (χ0n) is 15.8. The van der Waals surface area contributed by atoms with Gasteiger partial charge in [-0.15, -0.1) is 0 Å². The van der Waals surface area contributed by atoms with E-state index < -0.39 is 0 Å². The average Bonchev–Trinajstić information content (AvgIpc) is 3.12. The normalized spacial score (nSPS) is 11.0. The van der Waals surface area contributed by atoms with Crippen LogP contribution >= 0.6 is 0 Å². The van der Waals surface area contributed by atoms with Gasteiger partial charge in [-0.1, -0.05) is 19.9 Å². The van der Waals surface area contributed by atoms with Crippen LogP contribution in [-0.4, -0.2) is 39.2 Å². The van der Waals surface area contributed by atoms with Crippen LogP contribution in [0.4, 0.5) is 4.39 Å². The molecule has 0 N–H and O–H groups in total. The Morgan fingerprint density at radius 1 is 1.19 bits per heavy atom. The second-order valence-electron chi connectivity index (χ2n) is 6.78. The molecule has 0 atom stereocenters. The molecule has 0 spiro atoms. The van der Waals surface area contributed by atoms with Crippen LogP contribution in [0, 0.1) is 5.82 Å². The summed E-state index contributed by atoms with van der Waals surface area (Å²) in [6.07, 6.45) is 4.03. The molecule has 2 aromatic heterocycles. The topological polar surface area (TPSA) is 51.0 Å². The summed E-state index contributed by atoms with van der Waals surface area (Å²) in [6.45, 7) is 4.60. The molecule has 0 saturated carbocycles. The molecule has 0 radical (unpaired) electrons. The van der Waals surface area contributed by atoms with E-state index in [4.69, 9.17) is 0 Å². The summed E-state index contributed by atoms with van der Waals surface area (Å²) < 4.78 is 14.9. The Bertz CT molecular complexity index is 904. The molecule has 3 rings (SSSR count). The van der Waals surface area contributed by atoms with Crippen molar-refractivity contribution < 1.29 is 9.18 Å². The molecule has 0 aliphatic carbocycles. The third kappa shape index (κ3) is 4.22. The molecule has 0 fully saturated rings. The molecule has 1 aromatic carbocycles. The van der Waals surface area contributed by atoms with Crippen molar-refractivity contribution in [2.75, 3.05) is 13.6 Å². The van der Waals surface area contributed by atoms with Crippen LogP contribution in [0.1, 0.15) is 41.5 Å². The third-order valence-electron chi connectivity index (χ3n) is 4.43. The van der Waals surface area contributed by atoms with Crippen molar-refractivity contribution >= 4 is 5.91 Å². The van der Waals surface area contributed by atoms with Gasteiger partial charge in [-0.2, -0.15) is 5.10 Å². The van der Waals surface area contributed by atoms with E-state index in [1.54, 1.807) is 41.2 Å². The number of rotatable bonds is 6. The van der Waals surface area contributed by atoms with Gasteiger partial charge in [0.05, 0.1) is 23.1 Å². The molecular formula is C21H23FN4O. The van der Waals surface area contributed by atoms with Crippen LogP contribution in [0.5, 0.6) is 0 Å². The second-order valence-corrected chi connectivity index (χ2v) is 6.78. The Morgan fingerprint density at radius 3 is 2.56 bits per heavy atom. The molecule has 0 bridgehead atoms. The first-order valence-electron chi connectivity index (χ1n) is 8.96. The minimum Gasteiger partial charge on any atom is -0.341 e. The molecule has 6 heteroatoms. The standard InChI is InChI=1S/C21H23FN4O/c1-15(2)20-19(14-24-26(20)18-9-7-16(22)8-10-18)21(27)25(3)13-11-17-6-4-5-12-23-17/h4-10,12,14-15H,11,13H2,1-3H3. The van der Waals surface area contributed by atoms with Crippen molar-refractivity contribution in [2.45, 2.75) is 26.2 Å². The highest BCUT2D eigenvalue weighted by Crippen LogP contribution is 2.24. The van der Waals surface area contributed by atoms with Gasteiger partial charge in [-0.25, -0.2) is 9.07 Å². The molecular weight excluding hydrogens is 343 g/mol. The lowest BCUT2D eigenvalue weighted by Gasteiger charge is -2.19. The number of aromatic nitrogens is 3.